The molecule has 2 rings (SSSR count). The molecule has 0 amide bonds. The highest BCUT2D eigenvalue weighted by atomic mass is 79.9. The van der Waals surface area contributed by atoms with Crippen LogP contribution in [0.1, 0.15) is 57.4 Å². The Balaban J connectivity index is 1.92. The number of anilines is 1. The number of benzene rings is 1. The molecule has 0 heterocycles. The van der Waals surface area contributed by atoms with Gasteiger partial charge < -0.3 is 5.32 Å². The summed E-state index contributed by atoms with van der Waals surface area (Å²) in [7, 11) is 0. The fourth-order valence-electron chi connectivity index (χ4n) is 3.18. The summed E-state index contributed by atoms with van der Waals surface area (Å²) in [5.41, 5.74) is 2.56. The molecule has 1 aromatic carbocycles. The van der Waals surface area contributed by atoms with Gasteiger partial charge in [-0.25, -0.2) is 0 Å². The maximum Gasteiger partial charge on any atom is 0.0486 e. The summed E-state index contributed by atoms with van der Waals surface area (Å²) in [5.74, 6) is 0.971. The van der Waals surface area contributed by atoms with E-state index in [1.165, 1.54) is 60.7 Å². The molecule has 1 nitrogen and oxygen atoms in total. The second-order valence-corrected chi connectivity index (χ2v) is 6.84. The van der Waals surface area contributed by atoms with Gasteiger partial charge in [0.1, 0.15) is 0 Å². The fraction of sp³-hybridized carbons (Fsp3) is 0.647. The highest BCUT2D eigenvalue weighted by molar-refractivity contribution is 9.10. The standard InChI is InChI=1S/C17H26BrN/c1-3-5-14-6-4-7-15(10-9-14)19-17-11-8-13(2)12-16(17)18/h8,11-12,14-15,19H,3-7,9-10H2,1-2H3. The van der Waals surface area contributed by atoms with Gasteiger partial charge in [0.25, 0.3) is 0 Å². The van der Waals surface area contributed by atoms with Crippen molar-refractivity contribution in [3.05, 3.63) is 28.2 Å². The zero-order valence-corrected chi connectivity index (χ0v) is 13.8. The van der Waals surface area contributed by atoms with Gasteiger partial charge in [0, 0.05) is 16.2 Å². The number of aryl methyl sites for hydroxylation is 1. The monoisotopic (exact) mass is 323 g/mol. The van der Waals surface area contributed by atoms with Gasteiger partial charge in [-0.15, -0.1) is 0 Å². The lowest BCUT2D eigenvalue weighted by atomic mass is 9.95. The largest absolute Gasteiger partial charge is 0.381 e. The van der Waals surface area contributed by atoms with Crippen LogP contribution in [0.2, 0.25) is 0 Å². The van der Waals surface area contributed by atoms with Crippen LogP contribution in [0, 0.1) is 12.8 Å². The first-order valence-corrected chi connectivity index (χ1v) is 8.51. The molecule has 106 valence electrons. The van der Waals surface area contributed by atoms with Crippen LogP contribution in [-0.2, 0) is 0 Å². The first-order chi connectivity index (χ1) is 9.19. The Morgan fingerprint density at radius 3 is 2.79 bits per heavy atom. The molecule has 1 N–H and O–H groups in total. The van der Waals surface area contributed by atoms with Crippen LogP contribution in [0.5, 0.6) is 0 Å². The Bertz CT molecular complexity index is 402. The Labute approximate surface area is 126 Å². The third-order valence-corrected chi connectivity index (χ3v) is 4.93. The van der Waals surface area contributed by atoms with E-state index in [0.29, 0.717) is 6.04 Å². The lowest BCUT2D eigenvalue weighted by Gasteiger charge is -2.19. The van der Waals surface area contributed by atoms with Gasteiger partial charge >= 0.3 is 0 Å². The number of halogens is 1. The zero-order chi connectivity index (χ0) is 13.7. The summed E-state index contributed by atoms with van der Waals surface area (Å²) in [6.45, 7) is 4.44. The van der Waals surface area contributed by atoms with Gasteiger partial charge in [-0.1, -0.05) is 38.7 Å². The first kappa shape index (κ1) is 14.9. The maximum atomic E-state index is 3.73. The minimum absolute atomic E-state index is 0.654. The van der Waals surface area contributed by atoms with Gasteiger partial charge in [-0.2, -0.15) is 0 Å². The maximum absolute atomic E-state index is 3.73. The van der Waals surface area contributed by atoms with E-state index in [9.17, 15) is 0 Å². The van der Waals surface area contributed by atoms with E-state index in [-0.39, 0.29) is 0 Å². The van der Waals surface area contributed by atoms with Gasteiger partial charge in [-0.3, -0.25) is 0 Å². The van der Waals surface area contributed by atoms with E-state index in [4.69, 9.17) is 0 Å². The summed E-state index contributed by atoms with van der Waals surface area (Å²) in [6, 6.07) is 7.23. The van der Waals surface area contributed by atoms with Gasteiger partial charge in [0.2, 0.25) is 0 Å². The number of hydrogen-bond acceptors (Lipinski definition) is 1. The van der Waals surface area contributed by atoms with Crippen molar-refractivity contribution in [2.24, 2.45) is 5.92 Å². The molecule has 1 aromatic rings. The van der Waals surface area contributed by atoms with E-state index in [1.807, 2.05) is 0 Å². The van der Waals surface area contributed by atoms with E-state index in [0.717, 1.165) is 5.92 Å². The van der Waals surface area contributed by atoms with Crippen molar-refractivity contribution in [2.45, 2.75) is 64.8 Å². The molecule has 1 saturated carbocycles. The van der Waals surface area contributed by atoms with Gasteiger partial charge in [-0.05, 0) is 65.7 Å². The molecule has 2 heteroatoms. The highest BCUT2D eigenvalue weighted by Gasteiger charge is 2.18. The van der Waals surface area contributed by atoms with E-state index in [1.54, 1.807) is 0 Å². The topological polar surface area (TPSA) is 12.0 Å². The first-order valence-electron chi connectivity index (χ1n) is 7.71. The molecule has 1 fully saturated rings. The van der Waals surface area contributed by atoms with Crippen LogP contribution in [0.15, 0.2) is 22.7 Å². The van der Waals surface area contributed by atoms with Crippen LogP contribution in [0.4, 0.5) is 5.69 Å². The Hall–Kier alpha value is -0.500. The minimum atomic E-state index is 0.654. The van der Waals surface area contributed by atoms with Crippen LogP contribution < -0.4 is 5.32 Å². The summed E-state index contributed by atoms with van der Waals surface area (Å²) < 4.78 is 1.20. The lowest BCUT2D eigenvalue weighted by molar-refractivity contribution is 0.422. The SMILES string of the molecule is CCCC1CCCC(Nc2ccc(C)cc2Br)CC1. The van der Waals surface area contributed by atoms with Crippen LogP contribution in [0.3, 0.4) is 0 Å². The quantitative estimate of drug-likeness (QED) is 0.678. The lowest BCUT2D eigenvalue weighted by Crippen LogP contribution is -2.18. The zero-order valence-electron chi connectivity index (χ0n) is 12.2. The molecule has 0 bridgehead atoms. The average Bonchev–Trinajstić information content (AvgIpc) is 2.59. The van der Waals surface area contributed by atoms with Crippen molar-refractivity contribution in [1.82, 2.24) is 0 Å². The second kappa shape index (κ2) is 7.33. The summed E-state index contributed by atoms with van der Waals surface area (Å²) >= 11 is 3.67. The second-order valence-electron chi connectivity index (χ2n) is 5.99. The van der Waals surface area contributed by atoms with E-state index >= 15 is 0 Å². The average molecular weight is 324 g/mol. The molecule has 1 aliphatic carbocycles. The molecule has 0 spiro atoms. The van der Waals surface area contributed by atoms with Crippen molar-refractivity contribution in [3.8, 4) is 0 Å². The van der Waals surface area contributed by atoms with Crippen molar-refractivity contribution in [2.75, 3.05) is 5.32 Å². The molecular weight excluding hydrogens is 298 g/mol. The fourth-order valence-corrected chi connectivity index (χ4v) is 3.78. The van der Waals surface area contributed by atoms with Crippen molar-refractivity contribution in [3.63, 3.8) is 0 Å². The molecule has 0 aromatic heterocycles. The van der Waals surface area contributed by atoms with Crippen LogP contribution >= 0.6 is 15.9 Å². The summed E-state index contributed by atoms with van der Waals surface area (Å²) in [4.78, 5) is 0. The number of nitrogens with one attached hydrogen (secondary N) is 1. The molecule has 0 saturated heterocycles. The van der Waals surface area contributed by atoms with E-state index in [2.05, 4.69) is 53.3 Å². The molecule has 1 aliphatic rings. The van der Waals surface area contributed by atoms with Gasteiger partial charge in [0.05, 0.1) is 0 Å². The predicted molar refractivity (Wildman–Crippen MR) is 87.8 cm³/mol. The Morgan fingerprint density at radius 1 is 1.21 bits per heavy atom. The van der Waals surface area contributed by atoms with E-state index < -0.39 is 0 Å². The summed E-state index contributed by atoms with van der Waals surface area (Å²) in [6.07, 6.45) is 9.61. The third kappa shape index (κ3) is 4.52. The number of hydrogen-bond donors (Lipinski definition) is 1. The van der Waals surface area contributed by atoms with Crippen LogP contribution in [0.25, 0.3) is 0 Å². The number of rotatable bonds is 4. The molecule has 0 aliphatic heterocycles. The third-order valence-electron chi connectivity index (χ3n) is 4.27. The minimum Gasteiger partial charge on any atom is -0.381 e. The summed E-state index contributed by atoms with van der Waals surface area (Å²) in [5, 5.41) is 3.73. The Morgan fingerprint density at radius 2 is 2.05 bits per heavy atom. The molecule has 0 radical (unpaired) electrons. The molecule has 19 heavy (non-hydrogen) atoms. The normalized spacial score (nSPS) is 23.9. The predicted octanol–water partition coefficient (Wildman–Crippen LogP) is 5.92. The van der Waals surface area contributed by atoms with Gasteiger partial charge in [0.15, 0.2) is 0 Å². The Kier molecular flexibility index (Phi) is 5.75. The van der Waals surface area contributed by atoms with Crippen molar-refractivity contribution >= 4 is 21.6 Å². The smallest absolute Gasteiger partial charge is 0.0486 e. The van der Waals surface area contributed by atoms with Crippen molar-refractivity contribution < 1.29 is 0 Å². The molecule has 2 unspecified atom stereocenters. The molecule has 2 atom stereocenters. The van der Waals surface area contributed by atoms with Crippen LogP contribution in [-0.4, -0.2) is 6.04 Å². The van der Waals surface area contributed by atoms with Crippen molar-refractivity contribution in [1.29, 1.82) is 0 Å². The highest BCUT2D eigenvalue weighted by Crippen LogP contribution is 2.30. The molecular formula is C17H26BrN.